The number of hydrogen-bond donors (Lipinski definition) is 1. The summed E-state index contributed by atoms with van der Waals surface area (Å²) in [5, 5.41) is 3.06. The largest absolute Gasteiger partial charge is 0.369 e. The van der Waals surface area contributed by atoms with Crippen LogP contribution in [0.25, 0.3) is 0 Å². The summed E-state index contributed by atoms with van der Waals surface area (Å²) in [5.74, 6) is 0.106. The molecule has 1 heterocycles. The van der Waals surface area contributed by atoms with Crippen LogP contribution in [0.2, 0.25) is 0 Å². The van der Waals surface area contributed by atoms with Gasteiger partial charge in [-0.15, -0.1) is 0 Å². The van der Waals surface area contributed by atoms with Gasteiger partial charge in [0.1, 0.15) is 0 Å². The number of rotatable bonds is 5. The number of nitrogens with one attached hydrogen (secondary N) is 1. The second-order valence-electron chi connectivity index (χ2n) is 7.12. The van der Waals surface area contributed by atoms with Gasteiger partial charge < -0.3 is 10.2 Å². The molecule has 1 aliphatic heterocycles. The van der Waals surface area contributed by atoms with Crippen molar-refractivity contribution in [3.8, 4) is 0 Å². The number of anilines is 1. The van der Waals surface area contributed by atoms with Crippen molar-refractivity contribution in [3.05, 3.63) is 65.2 Å². The maximum Gasteiger partial charge on any atom is 0.237 e. The summed E-state index contributed by atoms with van der Waals surface area (Å²) in [5.41, 5.74) is 5.15. The van der Waals surface area contributed by atoms with Crippen LogP contribution in [0.15, 0.2) is 48.5 Å². The third-order valence-corrected chi connectivity index (χ3v) is 5.47. The number of aryl methyl sites for hydroxylation is 1. The number of hydrogen-bond acceptors (Lipinski definition) is 3. The Morgan fingerprint density at radius 1 is 1.00 bits per heavy atom. The summed E-state index contributed by atoms with van der Waals surface area (Å²) in [6, 6.07) is 16.4. The van der Waals surface area contributed by atoms with E-state index < -0.39 is 0 Å². The van der Waals surface area contributed by atoms with E-state index in [-0.39, 0.29) is 11.9 Å². The molecule has 1 atom stereocenters. The van der Waals surface area contributed by atoms with Gasteiger partial charge >= 0.3 is 0 Å². The van der Waals surface area contributed by atoms with Crippen molar-refractivity contribution < 1.29 is 4.79 Å². The fourth-order valence-corrected chi connectivity index (χ4v) is 3.53. The summed E-state index contributed by atoms with van der Waals surface area (Å²) >= 11 is 0. The van der Waals surface area contributed by atoms with Gasteiger partial charge in [-0.3, -0.25) is 9.69 Å². The molecule has 1 N–H and O–H groups in total. The summed E-state index contributed by atoms with van der Waals surface area (Å²) in [6.45, 7) is 10.7. The highest BCUT2D eigenvalue weighted by Crippen LogP contribution is 2.24. The molecule has 4 heteroatoms. The Labute approximate surface area is 156 Å². The molecule has 0 aromatic heterocycles. The maximum atomic E-state index is 12.5. The average molecular weight is 351 g/mol. The van der Waals surface area contributed by atoms with Gasteiger partial charge in [0.25, 0.3) is 0 Å². The summed E-state index contributed by atoms with van der Waals surface area (Å²) in [6.07, 6.45) is 0. The monoisotopic (exact) mass is 351 g/mol. The van der Waals surface area contributed by atoms with Gasteiger partial charge in [0, 0.05) is 38.4 Å². The van der Waals surface area contributed by atoms with E-state index in [9.17, 15) is 4.79 Å². The van der Waals surface area contributed by atoms with E-state index in [1.54, 1.807) is 0 Å². The molecule has 1 amide bonds. The van der Waals surface area contributed by atoms with Crippen LogP contribution in [0.4, 0.5) is 5.69 Å². The molecule has 0 saturated carbocycles. The first-order valence-corrected chi connectivity index (χ1v) is 9.43. The normalized spacial score (nSPS) is 16.3. The van der Waals surface area contributed by atoms with E-state index in [2.05, 4.69) is 47.2 Å². The SMILES string of the molecule is Cc1cccc(N2CCN([C@H](C)C(=O)NCc3ccccc3)CC2)c1C. The van der Waals surface area contributed by atoms with Crippen LogP contribution >= 0.6 is 0 Å². The average Bonchev–Trinajstić information content (AvgIpc) is 2.68. The Hall–Kier alpha value is -2.33. The molecule has 26 heavy (non-hydrogen) atoms. The lowest BCUT2D eigenvalue weighted by Crippen LogP contribution is -2.54. The fourth-order valence-electron chi connectivity index (χ4n) is 3.53. The first-order chi connectivity index (χ1) is 12.6. The molecule has 0 bridgehead atoms. The molecule has 2 aromatic carbocycles. The number of benzene rings is 2. The molecule has 0 spiro atoms. The van der Waals surface area contributed by atoms with Crippen LogP contribution in [0.1, 0.15) is 23.6 Å². The fraction of sp³-hybridized carbons (Fsp3) is 0.409. The first kappa shape index (κ1) is 18.5. The molecule has 1 fully saturated rings. The van der Waals surface area contributed by atoms with Gasteiger partial charge in [0.05, 0.1) is 6.04 Å². The van der Waals surface area contributed by atoms with Crippen molar-refractivity contribution in [2.45, 2.75) is 33.4 Å². The highest BCUT2D eigenvalue weighted by Gasteiger charge is 2.26. The molecule has 1 saturated heterocycles. The van der Waals surface area contributed by atoms with Crippen molar-refractivity contribution in [1.82, 2.24) is 10.2 Å². The second kappa shape index (κ2) is 8.37. The third kappa shape index (κ3) is 4.25. The Morgan fingerprint density at radius 2 is 1.69 bits per heavy atom. The molecule has 1 aliphatic rings. The Bertz CT molecular complexity index is 736. The topological polar surface area (TPSA) is 35.6 Å². The van der Waals surface area contributed by atoms with E-state index in [1.807, 2.05) is 37.3 Å². The number of carbonyl (C=O) groups is 1. The second-order valence-corrected chi connectivity index (χ2v) is 7.12. The maximum absolute atomic E-state index is 12.5. The lowest BCUT2D eigenvalue weighted by atomic mass is 10.1. The predicted octanol–water partition coefficient (Wildman–Crippen LogP) is 3.13. The number of amides is 1. The summed E-state index contributed by atoms with van der Waals surface area (Å²) < 4.78 is 0. The molecule has 0 radical (unpaired) electrons. The van der Waals surface area contributed by atoms with Crippen LogP contribution in [-0.2, 0) is 11.3 Å². The van der Waals surface area contributed by atoms with Gasteiger partial charge in [0.2, 0.25) is 5.91 Å². The quantitative estimate of drug-likeness (QED) is 0.899. The molecule has 0 unspecified atom stereocenters. The van der Waals surface area contributed by atoms with Gasteiger partial charge in [-0.05, 0) is 43.5 Å². The molecule has 3 rings (SSSR count). The highest BCUT2D eigenvalue weighted by molar-refractivity contribution is 5.81. The zero-order valence-electron chi connectivity index (χ0n) is 16.0. The summed E-state index contributed by atoms with van der Waals surface area (Å²) in [7, 11) is 0. The van der Waals surface area contributed by atoms with Crippen molar-refractivity contribution in [2.24, 2.45) is 0 Å². The number of nitrogens with zero attached hydrogens (tertiary/aromatic N) is 2. The Balaban J connectivity index is 1.52. The van der Waals surface area contributed by atoms with E-state index in [4.69, 9.17) is 0 Å². The van der Waals surface area contributed by atoms with Crippen molar-refractivity contribution in [3.63, 3.8) is 0 Å². The van der Waals surface area contributed by atoms with Crippen molar-refractivity contribution in [2.75, 3.05) is 31.1 Å². The van der Waals surface area contributed by atoms with E-state index in [0.717, 1.165) is 31.7 Å². The zero-order valence-corrected chi connectivity index (χ0v) is 16.0. The molecule has 138 valence electrons. The molecular weight excluding hydrogens is 322 g/mol. The minimum absolute atomic E-state index is 0.0977. The van der Waals surface area contributed by atoms with E-state index in [1.165, 1.54) is 16.8 Å². The Morgan fingerprint density at radius 3 is 2.38 bits per heavy atom. The standard InChI is InChI=1S/C22H29N3O/c1-17-8-7-11-21(18(17)2)25-14-12-24(13-15-25)19(3)22(26)23-16-20-9-5-4-6-10-20/h4-11,19H,12-16H2,1-3H3,(H,23,26)/t19-/m1/s1. The minimum Gasteiger partial charge on any atom is -0.369 e. The van der Waals surface area contributed by atoms with Crippen LogP contribution in [-0.4, -0.2) is 43.0 Å². The third-order valence-electron chi connectivity index (χ3n) is 5.47. The smallest absolute Gasteiger partial charge is 0.237 e. The van der Waals surface area contributed by atoms with E-state index >= 15 is 0 Å². The van der Waals surface area contributed by atoms with Crippen LogP contribution in [0, 0.1) is 13.8 Å². The molecular formula is C22H29N3O. The summed E-state index contributed by atoms with van der Waals surface area (Å²) in [4.78, 5) is 17.2. The van der Waals surface area contributed by atoms with Crippen molar-refractivity contribution in [1.29, 1.82) is 0 Å². The van der Waals surface area contributed by atoms with Crippen LogP contribution in [0.5, 0.6) is 0 Å². The van der Waals surface area contributed by atoms with Gasteiger partial charge in [0.15, 0.2) is 0 Å². The molecule has 2 aromatic rings. The van der Waals surface area contributed by atoms with Crippen LogP contribution in [0.3, 0.4) is 0 Å². The zero-order chi connectivity index (χ0) is 18.5. The molecule has 4 nitrogen and oxygen atoms in total. The lowest BCUT2D eigenvalue weighted by molar-refractivity contribution is -0.126. The number of carbonyl (C=O) groups excluding carboxylic acids is 1. The predicted molar refractivity (Wildman–Crippen MR) is 107 cm³/mol. The Kier molecular flexibility index (Phi) is 5.94. The van der Waals surface area contributed by atoms with Gasteiger partial charge in [-0.2, -0.15) is 0 Å². The first-order valence-electron chi connectivity index (χ1n) is 9.43. The van der Waals surface area contributed by atoms with Gasteiger partial charge in [-0.25, -0.2) is 0 Å². The van der Waals surface area contributed by atoms with Gasteiger partial charge in [-0.1, -0.05) is 42.5 Å². The van der Waals surface area contributed by atoms with E-state index in [0.29, 0.717) is 6.54 Å². The molecule has 0 aliphatic carbocycles. The van der Waals surface area contributed by atoms with Crippen LogP contribution < -0.4 is 10.2 Å². The lowest BCUT2D eigenvalue weighted by Gasteiger charge is -2.39. The van der Waals surface area contributed by atoms with Crippen molar-refractivity contribution >= 4 is 11.6 Å². The minimum atomic E-state index is -0.0977. The highest BCUT2D eigenvalue weighted by atomic mass is 16.2. The number of piperazine rings is 1.